The molecule has 1 aliphatic rings. The Morgan fingerprint density at radius 2 is 2.11 bits per heavy atom. The zero-order valence-electron chi connectivity index (χ0n) is 10.8. The van der Waals surface area contributed by atoms with E-state index >= 15 is 0 Å². The summed E-state index contributed by atoms with van der Waals surface area (Å²) in [5.41, 5.74) is -0.385. The van der Waals surface area contributed by atoms with Crippen molar-refractivity contribution in [3.63, 3.8) is 0 Å². The van der Waals surface area contributed by atoms with Crippen LogP contribution in [0.5, 0.6) is 5.75 Å². The van der Waals surface area contributed by atoms with Crippen LogP contribution >= 0.6 is 0 Å². The summed E-state index contributed by atoms with van der Waals surface area (Å²) in [5.74, 6) is 0.484. The standard InChI is InChI=1S/C14H15F3O2/c1-13(14(15,16)17)5-3-9-8-12(19-2)10(4-6-18)7-11(9)13/h6-8H,3-5H2,1-2H3. The van der Waals surface area contributed by atoms with Crippen molar-refractivity contribution in [1.82, 2.24) is 0 Å². The van der Waals surface area contributed by atoms with Gasteiger partial charge in [0.15, 0.2) is 0 Å². The Kier molecular flexibility index (Phi) is 3.32. The van der Waals surface area contributed by atoms with E-state index in [2.05, 4.69) is 0 Å². The summed E-state index contributed by atoms with van der Waals surface area (Å²) in [6.07, 6.45) is -3.14. The third-order valence-electron chi connectivity index (χ3n) is 3.92. The minimum atomic E-state index is -4.29. The van der Waals surface area contributed by atoms with Gasteiger partial charge in [-0.2, -0.15) is 13.2 Å². The lowest BCUT2D eigenvalue weighted by Gasteiger charge is -2.29. The third-order valence-corrected chi connectivity index (χ3v) is 3.92. The Morgan fingerprint density at radius 3 is 2.63 bits per heavy atom. The minimum Gasteiger partial charge on any atom is -0.496 e. The number of carbonyl (C=O) groups is 1. The summed E-state index contributed by atoms with van der Waals surface area (Å²) >= 11 is 0. The summed E-state index contributed by atoms with van der Waals surface area (Å²) in [6, 6.07) is 3.11. The highest BCUT2D eigenvalue weighted by Gasteiger charge is 2.55. The number of rotatable bonds is 3. The molecular formula is C14H15F3O2. The quantitative estimate of drug-likeness (QED) is 0.790. The van der Waals surface area contributed by atoms with E-state index in [0.29, 0.717) is 29.6 Å². The maximum atomic E-state index is 13.2. The van der Waals surface area contributed by atoms with Gasteiger partial charge >= 0.3 is 6.18 Å². The number of aryl methyl sites for hydroxylation is 1. The van der Waals surface area contributed by atoms with Crippen LogP contribution in [0.1, 0.15) is 30.0 Å². The molecule has 0 saturated heterocycles. The molecule has 0 fully saturated rings. The van der Waals surface area contributed by atoms with Crippen molar-refractivity contribution >= 4 is 6.29 Å². The molecular weight excluding hydrogens is 257 g/mol. The molecule has 5 heteroatoms. The lowest BCUT2D eigenvalue weighted by atomic mass is 9.82. The van der Waals surface area contributed by atoms with Crippen LogP contribution in [-0.4, -0.2) is 19.6 Å². The topological polar surface area (TPSA) is 26.3 Å². The Balaban J connectivity index is 2.57. The van der Waals surface area contributed by atoms with Crippen molar-refractivity contribution in [2.75, 3.05) is 7.11 Å². The van der Waals surface area contributed by atoms with Gasteiger partial charge < -0.3 is 9.53 Å². The van der Waals surface area contributed by atoms with Gasteiger partial charge in [0.1, 0.15) is 12.0 Å². The molecule has 2 rings (SSSR count). The molecule has 2 nitrogen and oxygen atoms in total. The predicted octanol–water partition coefficient (Wildman–Crippen LogP) is 3.20. The van der Waals surface area contributed by atoms with Crippen molar-refractivity contribution in [2.24, 2.45) is 0 Å². The van der Waals surface area contributed by atoms with Gasteiger partial charge in [0.05, 0.1) is 12.5 Å². The fraction of sp³-hybridized carbons (Fsp3) is 0.500. The predicted molar refractivity (Wildman–Crippen MR) is 64.5 cm³/mol. The Morgan fingerprint density at radius 1 is 1.42 bits per heavy atom. The van der Waals surface area contributed by atoms with Gasteiger partial charge in [-0.25, -0.2) is 0 Å². The van der Waals surface area contributed by atoms with Crippen LogP contribution in [0.15, 0.2) is 12.1 Å². The second-order valence-corrected chi connectivity index (χ2v) is 5.02. The highest BCUT2D eigenvalue weighted by atomic mass is 19.4. The van der Waals surface area contributed by atoms with E-state index in [1.807, 2.05) is 0 Å². The summed E-state index contributed by atoms with van der Waals surface area (Å²) in [6.45, 7) is 1.22. The molecule has 1 atom stereocenters. The number of methoxy groups -OCH3 is 1. The Bertz CT molecular complexity index is 508. The molecule has 0 saturated carbocycles. The average molecular weight is 272 g/mol. The molecule has 104 valence electrons. The monoisotopic (exact) mass is 272 g/mol. The summed E-state index contributed by atoms with van der Waals surface area (Å²) in [4.78, 5) is 10.6. The largest absolute Gasteiger partial charge is 0.496 e. The normalized spacial score (nSPS) is 22.2. The molecule has 0 amide bonds. The number of alkyl halides is 3. The van der Waals surface area contributed by atoms with Gasteiger partial charge in [-0.15, -0.1) is 0 Å². The van der Waals surface area contributed by atoms with E-state index < -0.39 is 11.6 Å². The van der Waals surface area contributed by atoms with Crippen molar-refractivity contribution < 1.29 is 22.7 Å². The van der Waals surface area contributed by atoms with Crippen LogP contribution in [0.2, 0.25) is 0 Å². The van der Waals surface area contributed by atoms with E-state index in [1.54, 1.807) is 6.07 Å². The minimum absolute atomic E-state index is 0.0412. The molecule has 0 heterocycles. The molecule has 0 N–H and O–H groups in total. The number of ether oxygens (including phenoxy) is 1. The molecule has 1 aromatic carbocycles. The molecule has 0 spiro atoms. The van der Waals surface area contributed by atoms with Gasteiger partial charge in [-0.05, 0) is 37.0 Å². The van der Waals surface area contributed by atoms with Crippen LogP contribution in [-0.2, 0) is 23.1 Å². The fourth-order valence-corrected chi connectivity index (χ4v) is 2.64. The molecule has 0 aliphatic heterocycles. The molecule has 0 aromatic heterocycles. The van der Waals surface area contributed by atoms with E-state index in [-0.39, 0.29) is 18.4 Å². The van der Waals surface area contributed by atoms with E-state index in [4.69, 9.17) is 4.74 Å². The average Bonchev–Trinajstić information content (AvgIpc) is 2.67. The van der Waals surface area contributed by atoms with Crippen LogP contribution < -0.4 is 4.74 Å². The van der Waals surface area contributed by atoms with Crippen molar-refractivity contribution in [1.29, 1.82) is 0 Å². The lowest BCUT2D eigenvalue weighted by molar-refractivity contribution is -0.184. The Hall–Kier alpha value is -1.52. The van der Waals surface area contributed by atoms with Gasteiger partial charge in [-0.1, -0.05) is 6.07 Å². The maximum Gasteiger partial charge on any atom is 0.398 e. The van der Waals surface area contributed by atoms with Crippen LogP contribution in [0, 0.1) is 0 Å². The number of aldehydes is 1. The molecule has 19 heavy (non-hydrogen) atoms. The van der Waals surface area contributed by atoms with Crippen LogP contribution in [0.4, 0.5) is 13.2 Å². The number of fused-ring (bicyclic) bond motifs is 1. The van der Waals surface area contributed by atoms with Gasteiger partial charge in [0.2, 0.25) is 0 Å². The molecule has 1 unspecified atom stereocenters. The number of hydrogen-bond donors (Lipinski definition) is 0. The van der Waals surface area contributed by atoms with Crippen molar-refractivity contribution in [3.05, 3.63) is 28.8 Å². The highest BCUT2D eigenvalue weighted by Crippen LogP contribution is 2.50. The molecule has 1 aliphatic carbocycles. The van der Waals surface area contributed by atoms with E-state index in [0.717, 1.165) is 0 Å². The number of halogens is 3. The first-order valence-electron chi connectivity index (χ1n) is 6.04. The Labute approximate surface area is 109 Å². The second-order valence-electron chi connectivity index (χ2n) is 5.02. The summed E-state index contributed by atoms with van der Waals surface area (Å²) in [7, 11) is 1.45. The lowest BCUT2D eigenvalue weighted by Crippen LogP contribution is -2.37. The first-order valence-corrected chi connectivity index (χ1v) is 6.04. The van der Waals surface area contributed by atoms with Crippen molar-refractivity contribution in [3.8, 4) is 5.75 Å². The SMILES string of the molecule is COc1cc2c(cc1CC=O)C(C)(C(F)(F)F)CC2. The zero-order chi connectivity index (χ0) is 14.3. The second kappa shape index (κ2) is 4.54. The number of hydrogen-bond acceptors (Lipinski definition) is 2. The first kappa shape index (κ1) is 13.9. The van der Waals surface area contributed by atoms with Gasteiger partial charge in [-0.3, -0.25) is 0 Å². The highest BCUT2D eigenvalue weighted by molar-refractivity contribution is 5.60. The third kappa shape index (κ3) is 2.11. The molecule has 0 bridgehead atoms. The zero-order valence-corrected chi connectivity index (χ0v) is 10.8. The van der Waals surface area contributed by atoms with Crippen LogP contribution in [0.3, 0.4) is 0 Å². The fourth-order valence-electron chi connectivity index (χ4n) is 2.64. The smallest absolute Gasteiger partial charge is 0.398 e. The van der Waals surface area contributed by atoms with Crippen molar-refractivity contribution in [2.45, 2.75) is 37.8 Å². The van der Waals surface area contributed by atoms with Gasteiger partial charge in [0, 0.05) is 12.0 Å². The van der Waals surface area contributed by atoms with E-state index in [1.165, 1.54) is 20.1 Å². The van der Waals surface area contributed by atoms with E-state index in [9.17, 15) is 18.0 Å². The van der Waals surface area contributed by atoms with Crippen LogP contribution in [0.25, 0.3) is 0 Å². The van der Waals surface area contributed by atoms with Gasteiger partial charge in [0.25, 0.3) is 0 Å². The summed E-state index contributed by atoms with van der Waals surface area (Å²) in [5, 5.41) is 0. The molecule has 1 aromatic rings. The molecule has 0 radical (unpaired) electrons. The maximum absolute atomic E-state index is 13.2. The first-order chi connectivity index (χ1) is 8.83. The number of carbonyl (C=O) groups excluding carboxylic acids is 1. The summed E-state index contributed by atoms with van der Waals surface area (Å²) < 4.78 is 44.8. The number of benzene rings is 1.